The highest BCUT2D eigenvalue weighted by Gasteiger charge is 2.18. The molecule has 9 heteroatoms. The van der Waals surface area contributed by atoms with E-state index in [4.69, 9.17) is 0 Å². The van der Waals surface area contributed by atoms with Crippen molar-refractivity contribution in [3.05, 3.63) is 70.4 Å². The molecule has 2 heterocycles. The molecule has 2 aromatic carbocycles. The second-order valence-electron chi connectivity index (χ2n) is 8.98. The highest BCUT2D eigenvalue weighted by molar-refractivity contribution is 5.80. The molecule has 0 atom stereocenters. The van der Waals surface area contributed by atoms with Crippen molar-refractivity contribution in [2.45, 2.75) is 71.8 Å². The molecule has 0 bridgehead atoms. The second-order valence-corrected chi connectivity index (χ2v) is 8.98. The number of hydrogen-bond donors (Lipinski definition) is 1. The van der Waals surface area contributed by atoms with Gasteiger partial charge in [-0.2, -0.15) is 5.21 Å². The standard InChI is InChI=1S/C27H33N7O2/c1-3-5-6-7-8-14-24-30-34(25(35)11-4-2)27(36)33(24)19-20-15-17-21(18-16-20)22-12-9-10-13-23(22)26-28-31-32-29-26/h9-10,12-13,15-18H,3-8,11,14,19H2,1-2H3,(H,28,29,31,32). The van der Waals surface area contributed by atoms with Crippen molar-refractivity contribution in [2.24, 2.45) is 0 Å². The van der Waals surface area contributed by atoms with Crippen LogP contribution in [0.4, 0.5) is 0 Å². The zero-order valence-corrected chi connectivity index (χ0v) is 21.0. The number of carbonyl (C=O) groups excluding carboxylic acids is 1. The van der Waals surface area contributed by atoms with Crippen molar-refractivity contribution in [2.75, 3.05) is 0 Å². The van der Waals surface area contributed by atoms with E-state index < -0.39 is 0 Å². The molecule has 0 saturated heterocycles. The van der Waals surface area contributed by atoms with Crippen LogP contribution in [-0.4, -0.2) is 40.9 Å². The summed E-state index contributed by atoms with van der Waals surface area (Å²) in [6.07, 6.45) is 7.26. The molecule has 9 nitrogen and oxygen atoms in total. The van der Waals surface area contributed by atoms with E-state index in [1.807, 2.05) is 55.5 Å². The number of carbonyl (C=O) groups is 1. The van der Waals surface area contributed by atoms with Gasteiger partial charge in [0.2, 0.25) is 5.82 Å². The number of unbranched alkanes of at least 4 members (excludes halogenated alkanes) is 4. The molecule has 0 aliphatic carbocycles. The maximum Gasteiger partial charge on any atom is 0.353 e. The number of aromatic amines is 1. The Morgan fingerprint density at radius 3 is 2.36 bits per heavy atom. The summed E-state index contributed by atoms with van der Waals surface area (Å²) < 4.78 is 2.70. The molecule has 4 aromatic rings. The van der Waals surface area contributed by atoms with Crippen LogP contribution in [0.15, 0.2) is 53.3 Å². The van der Waals surface area contributed by atoms with Crippen LogP contribution >= 0.6 is 0 Å². The average Bonchev–Trinajstić information content (AvgIpc) is 3.54. The first-order valence-electron chi connectivity index (χ1n) is 12.8. The third-order valence-electron chi connectivity index (χ3n) is 6.26. The first-order chi connectivity index (χ1) is 17.6. The van der Waals surface area contributed by atoms with Gasteiger partial charge >= 0.3 is 5.69 Å². The maximum atomic E-state index is 13.1. The highest BCUT2D eigenvalue weighted by Crippen LogP contribution is 2.29. The predicted molar refractivity (Wildman–Crippen MR) is 139 cm³/mol. The summed E-state index contributed by atoms with van der Waals surface area (Å²) in [6, 6.07) is 16.0. The lowest BCUT2D eigenvalue weighted by atomic mass is 9.98. The average molecular weight is 488 g/mol. The monoisotopic (exact) mass is 487 g/mol. The number of tetrazole rings is 1. The van der Waals surface area contributed by atoms with Gasteiger partial charge in [-0.25, -0.2) is 4.79 Å². The Morgan fingerprint density at radius 2 is 1.67 bits per heavy atom. The van der Waals surface area contributed by atoms with Crippen LogP contribution in [0.2, 0.25) is 0 Å². The van der Waals surface area contributed by atoms with Crippen molar-refractivity contribution in [1.29, 1.82) is 0 Å². The minimum Gasteiger partial charge on any atom is -0.274 e. The van der Waals surface area contributed by atoms with E-state index >= 15 is 0 Å². The van der Waals surface area contributed by atoms with E-state index in [2.05, 4.69) is 32.6 Å². The predicted octanol–water partition coefficient (Wildman–Crippen LogP) is 4.89. The highest BCUT2D eigenvalue weighted by atomic mass is 16.2. The fourth-order valence-corrected chi connectivity index (χ4v) is 4.33. The number of hydrogen-bond acceptors (Lipinski definition) is 6. The van der Waals surface area contributed by atoms with E-state index in [0.29, 0.717) is 37.5 Å². The fourth-order valence-electron chi connectivity index (χ4n) is 4.33. The number of nitrogens with zero attached hydrogens (tertiary/aromatic N) is 6. The SMILES string of the molecule is CCCCCCCc1nn(C(=O)CCC)c(=O)n1Cc1ccc(-c2ccccc2-c2nn[nH]n2)cc1. The molecule has 0 aliphatic rings. The molecule has 0 unspecified atom stereocenters. The van der Waals surface area contributed by atoms with Crippen LogP contribution in [0, 0.1) is 0 Å². The topological polar surface area (TPSA) is 111 Å². The van der Waals surface area contributed by atoms with Gasteiger partial charge in [-0.1, -0.05) is 88.1 Å². The number of aromatic nitrogens is 7. The smallest absolute Gasteiger partial charge is 0.274 e. The molecular formula is C27H33N7O2. The van der Waals surface area contributed by atoms with Crippen LogP contribution in [0.1, 0.15) is 75.0 Å². The Hall–Kier alpha value is -3.88. The summed E-state index contributed by atoms with van der Waals surface area (Å²) in [5.74, 6) is 0.961. The van der Waals surface area contributed by atoms with Crippen molar-refractivity contribution < 1.29 is 4.79 Å². The quantitative estimate of drug-likeness (QED) is 0.285. The summed E-state index contributed by atoms with van der Waals surface area (Å²) in [4.78, 5) is 25.6. The van der Waals surface area contributed by atoms with Crippen LogP contribution < -0.4 is 5.69 Å². The summed E-state index contributed by atoms with van der Waals surface area (Å²) in [5, 5.41) is 18.8. The molecule has 188 valence electrons. The Labute approximate surface area is 210 Å². The summed E-state index contributed by atoms with van der Waals surface area (Å²) in [7, 11) is 0. The van der Waals surface area contributed by atoms with Gasteiger partial charge in [0.15, 0.2) is 0 Å². The van der Waals surface area contributed by atoms with Gasteiger partial charge in [-0.15, -0.1) is 20.0 Å². The van der Waals surface area contributed by atoms with E-state index in [-0.39, 0.29) is 11.6 Å². The molecule has 0 amide bonds. The zero-order valence-electron chi connectivity index (χ0n) is 21.0. The molecule has 36 heavy (non-hydrogen) atoms. The third-order valence-corrected chi connectivity index (χ3v) is 6.26. The van der Waals surface area contributed by atoms with Crippen molar-refractivity contribution in [3.63, 3.8) is 0 Å². The van der Waals surface area contributed by atoms with E-state index in [1.165, 1.54) is 19.3 Å². The van der Waals surface area contributed by atoms with Crippen LogP contribution in [0.25, 0.3) is 22.5 Å². The normalized spacial score (nSPS) is 11.2. The molecular weight excluding hydrogens is 454 g/mol. The number of benzene rings is 2. The largest absolute Gasteiger partial charge is 0.353 e. The van der Waals surface area contributed by atoms with Gasteiger partial charge in [0.05, 0.1) is 6.54 Å². The molecule has 0 radical (unpaired) electrons. The van der Waals surface area contributed by atoms with Crippen LogP contribution in [0.5, 0.6) is 0 Å². The molecule has 0 spiro atoms. The van der Waals surface area contributed by atoms with Gasteiger partial charge in [-0.05, 0) is 34.7 Å². The maximum absolute atomic E-state index is 13.1. The molecule has 1 N–H and O–H groups in total. The van der Waals surface area contributed by atoms with Crippen molar-refractivity contribution in [3.8, 4) is 22.5 Å². The lowest BCUT2D eigenvalue weighted by Crippen LogP contribution is -2.30. The number of H-pyrrole nitrogens is 1. The number of rotatable bonds is 12. The van der Waals surface area contributed by atoms with Gasteiger partial charge < -0.3 is 0 Å². The lowest BCUT2D eigenvalue weighted by Gasteiger charge is -2.09. The van der Waals surface area contributed by atoms with Crippen LogP contribution in [-0.2, 0) is 13.0 Å². The van der Waals surface area contributed by atoms with Crippen molar-refractivity contribution >= 4 is 5.91 Å². The number of nitrogens with one attached hydrogen (secondary N) is 1. The Morgan fingerprint density at radius 1 is 0.917 bits per heavy atom. The molecule has 2 aromatic heterocycles. The van der Waals surface area contributed by atoms with Gasteiger partial charge in [-0.3, -0.25) is 9.36 Å². The summed E-state index contributed by atoms with van der Waals surface area (Å²) >= 11 is 0. The Bertz CT molecular complexity index is 1320. The first kappa shape index (κ1) is 25.2. The van der Waals surface area contributed by atoms with Crippen molar-refractivity contribution in [1.82, 2.24) is 35.0 Å². The second kappa shape index (κ2) is 12.2. The third kappa shape index (κ3) is 5.84. The fraction of sp³-hybridized carbons (Fsp3) is 0.407. The van der Waals surface area contributed by atoms with E-state index in [0.717, 1.165) is 39.8 Å². The molecule has 0 aliphatic heterocycles. The number of aryl methyl sites for hydroxylation is 1. The van der Waals surface area contributed by atoms with Gasteiger partial charge in [0.25, 0.3) is 5.91 Å². The van der Waals surface area contributed by atoms with E-state index in [9.17, 15) is 9.59 Å². The summed E-state index contributed by atoms with van der Waals surface area (Å²) in [5.41, 5.74) is 3.50. The Balaban J connectivity index is 1.57. The van der Waals surface area contributed by atoms with Crippen LogP contribution in [0.3, 0.4) is 0 Å². The zero-order chi connectivity index (χ0) is 25.3. The molecule has 4 rings (SSSR count). The van der Waals surface area contributed by atoms with Gasteiger partial charge in [0.1, 0.15) is 5.82 Å². The molecule has 0 fully saturated rings. The summed E-state index contributed by atoms with van der Waals surface area (Å²) in [6.45, 7) is 4.48. The molecule has 0 saturated carbocycles. The first-order valence-corrected chi connectivity index (χ1v) is 12.8. The minimum absolute atomic E-state index is 0.248. The van der Waals surface area contributed by atoms with Gasteiger partial charge in [0, 0.05) is 18.4 Å². The van der Waals surface area contributed by atoms with E-state index in [1.54, 1.807) is 4.57 Å². The Kier molecular flexibility index (Phi) is 8.54. The minimum atomic E-state index is -0.358. The lowest BCUT2D eigenvalue weighted by molar-refractivity contribution is 0.0880.